The van der Waals surface area contributed by atoms with Crippen molar-refractivity contribution < 1.29 is 14.2 Å². The van der Waals surface area contributed by atoms with Crippen LogP contribution in [0.2, 0.25) is 0 Å². The van der Waals surface area contributed by atoms with E-state index in [1.165, 1.54) is 32.4 Å². The Labute approximate surface area is 105 Å². The molecule has 0 aromatic carbocycles. The number of hydrogen-bond acceptors (Lipinski definition) is 4. The molecule has 0 aromatic rings. The summed E-state index contributed by atoms with van der Waals surface area (Å²) >= 11 is 0. The highest BCUT2D eigenvalue weighted by Gasteiger charge is 2.08. The van der Waals surface area contributed by atoms with E-state index in [4.69, 9.17) is 14.2 Å². The zero-order valence-corrected chi connectivity index (χ0v) is 11.2. The van der Waals surface area contributed by atoms with Crippen molar-refractivity contribution in [3.63, 3.8) is 0 Å². The topological polar surface area (TPSA) is 30.9 Å². The van der Waals surface area contributed by atoms with Crippen LogP contribution in [0.1, 0.15) is 25.7 Å². The van der Waals surface area contributed by atoms with E-state index in [1.54, 1.807) is 7.11 Å². The second kappa shape index (κ2) is 11.0. The lowest BCUT2D eigenvalue weighted by atomic mass is 10.1. The van der Waals surface area contributed by atoms with Gasteiger partial charge in [-0.25, -0.2) is 0 Å². The van der Waals surface area contributed by atoms with E-state index < -0.39 is 0 Å². The molecular formula is C13H27NO3. The minimum Gasteiger partial charge on any atom is -0.382 e. The van der Waals surface area contributed by atoms with E-state index in [2.05, 4.69) is 4.90 Å². The van der Waals surface area contributed by atoms with E-state index >= 15 is 0 Å². The minimum absolute atomic E-state index is 0.676. The Balaban J connectivity index is 1.75. The van der Waals surface area contributed by atoms with Crippen LogP contribution < -0.4 is 0 Å². The van der Waals surface area contributed by atoms with Gasteiger partial charge in [0.15, 0.2) is 0 Å². The van der Waals surface area contributed by atoms with E-state index in [9.17, 15) is 0 Å². The molecule has 102 valence electrons. The van der Waals surface area contributed by atoms with Gasteiger partial charge in [-0.1, -0.05) is 6.42 Å². The smallest absolute Gasteiger partial charge is 0.0700 e. The number of hydrogen-bond donors (Lipinski definition) is 0. The molecule has 1 rings (SSSR count). The van der Waals surface area contributed by atoms with Crippen molar-refractivity contribution in [2.24, 2.45) is 0 Å². The third-order valence-electron chi connectivity index (χ3n) is 3.01. The molecule has 0 radical (unpaired) electrons. The molecule has 4 nitrogen and oxygen atoms in total. The van der Waals surface area contributed by atoms with Crippen molar-refractivity contribution >= 4 is 0 Å². The zero-order chi connectivity index (χ0) is 12.2. The maximum absolute atomic E-state index is 5.59. The fourth-order valence-corrected chi connectivity index (χ4v) is 1.99. The van der Waals surface area contributed by atoms with Gasteiger partial charge in [-0.2, -0.15) is 0 Å². The van der Waals surface area contributed by atoms with E-state index in [1.807, 2.05) is 0 Å². The molecular weight excluding hydrogens is 218 g/mol. The fourth-order valence-electron chi connectivity index (χ4n) is 1.99. The standard InChI is InChI=1S/C13H27NO3/c1-15-12-13-17-10-5-9-16-11-8-14-6-3-2-4-7-14/h2-13H2,1H3. The summed E-state index contributed by atoms with van der Waals surface area (Å²) in [6, 6.07) is 0. The van der Waals surface area contributed by atoms with Crippen LogP contribution in [0.3, 0.4) is 0 Å². The van der Waals surface area contributed by atoms with Crippen molar-refractivity contribution in [3.05, 3.63) is 0 Å². The van der Waals surface area contributed by atoms with Gasteiger partial charge in [0.2, 0.25) is 0 Å². The first-order valence-corrected chi connectivity index (χ1v) is 6.80. The van der Waals surface area contributed by atoms with Crippen LogP contribution in [0.25, 0.3) is 0 Å². The lowest BCUT2D eigenvalue weighted by Crippen LogP contribution is -2.32. The summed E-state index contributed by atoms with van der Waals surface area (Å²) in [6.07, 6.45) is 5.08. The van der Waals surface area contributed by atoms with Crippen molar-refractivity contribution in [1.29, 1.82) is 0 Å². The first kappa shape index (κ1) is 14.9. The average molecular weight is 245 g/mol. The van der Waals surface area contributed by atoms with Crippen LogP contribution in [0, 0.1) is 0 Å². The molecule has 0 saturated carbocycles. The van der Waals surface area contributed by atoms with Crippen LogP contribution >= 0.6 is 0 Å². The van der Waals surface area contributed by atoms with Crippen LogP contribution in [-0.2, 0) is 14.2 Å². The number of nitrogens with zero attached hydrogens (tertiary/aromatic N) is 1. The van der Waals surface area contributed by atoms with Crippen molar-refractivity contribution in [1.82, 2.24) is 4.90 Å². The molecule has 0 aromatic heterocycles. The molecule has 0 unspecified atom stereocenters. The predicted molar refractivity (Wildman–Crippen MR) is 68.4 cm³/mol. The highest BCUT2D eigenvalue weighted by Crippen LogP contribution is 2.07. The molecule has 1 saturated heterocycles. The van der Waals surface area contributed by atoms with Crippen LogP contribution in [0.15, 0.2) is 0 Å². The van der Waals surface area contributed by atoms with Gasteiger partial charge in [0, 0.05) is 26.9 Å². The predicted octanol–water partition coefficient (Wildman–Crippen LogP) is 1.54. The Morgan fingerprint density at radius 2 is 1.53 bits per heavy atom. The lowest BCUT2D eigenvalue weighted by molar-refractivity contribution is 0.0459. The normalized spacial score (nSPS) is 17.5. The van der Waals surface area contributed by atoms with Gasteiger partial charge in [-0.05, 0) is 32.4 Å². The molecule has 0 spiro atoms. The zero-order valence-electron chi connectivity index (χ0n) is 11.2. The Bertz CT molecular complexity index is 161. The molecule has 0 amide bonds. The maximum atomic E-state index is 5.59. The van der Waals surface area contributed by atoms with Gasteiger partial charge < -0.3 is 19.1 Å². The highest BCUT2D eigenvalue weighted by molar-refractivity contribution is 4.63. The number of methoxy groups -OCH3 is 1. The Kier molecular flexibility index (Phi) is 9.61. The molecule has 17 heavy (non-hydrogen) atoms. The molecule has 0 N–H and O–H groups in total. The number of piperidine rings is 1. The summed E-state index contributed by atoms with van der Waals surface area (Å²) in [5, 5.41) is 0. The van der Waals surface area contributed by atoms with E-state index in [0.717, 1.165) is 32.8 Å². The van der Waals surface area contributed by atoms with Crippen molar-refractivity contribution in [2.45, 2.75) is 25.7 Å². The van der Waals surface area contributed by atoms with Crippen LogP contribution in [-0.4, -0.2) is 64.7 Å². The van der Waals surface area contributed by atoms with Gasteiger partial charge in [0.25, 0.3) is 0 Å². The summed E-state index contributed by atoms with van der Waals surface area (Å²) in [5.41, 5.74) is 0. The molecule has 1 heterocycles. The molecule has 1 fully saturated rings. The third kappa shape index (κ3) is 8.55. The number of rotatable bonds is 10. The van der Waals surface area contributed by atoms with Gasteiger partial charge >= 0.3 is 0 Å². The number of likely N-dealkylation sites (tertiary alicyclic amines) is 1. The first-order chi connectivity index (χ1) is 8.43. The second-order valence-electron chi connectivity index (χ2n) is 4.47. The van der Waals surface area contributed by atoms with Gasteiger partial charge in [0.1, 0.15) is 0 Å². The van der Waals surface area contributed by atoms with Gasteiger partial charge in [-0.15, -0.1) is 0 Å². The van der Waals surface area contributed by atoms with Crippen LogP contribution in [0.5, 0.6) is 0 Å². The van der Waals surface area contributed by atoms with Gasteiger partial charge in [0.05, 0.1) is 19.8 Å². The average Bonchev–Trinajstić information content (AvgIpc) is 2.38. The molecule has 1 aliphatic rings. The summed E-state index contributed by atoms with van der Waals surface area (Å²) in [4.78, 5) is 2.50. The molecule has 0 aliphatic carbocycles. The first-order valence-electron chi connectivity index (χ1n) is 6.80. The largest absolute Gasteiger partial charge is 0.382 e. The fraction of sp³-hybridized carbons (Fsp3) is 1.00. The molecule has 0 bridgehead atoms. The highest BCUT2D eigenvalue weighted by atomic mass is 16.5. The Hall–Kier alpha value is -0.160. The third-order valence-corrected chi connectivity index (χ3v) is 3.01. The second-order valence-corrected chi connectivity index (χ2v) is 4.47. The molecule has 0 atom stereocenters. The summed E-state index contributed by atoms with van der Waals surface area (Å²) in [6.45, 7) is 7.39. The lowest BCUT2D eigenvalue weighted by Gasteiger charge is -2.26. The summed E-state index contributed by atoms with van der Waals surface area (Å²) < 4.78 is 15.8. The summed E-state index contributed by atoms with van der Waals surface area (Å²) in [7, 11) is 1.69. The minimum atomic E-state index is 0.676. The van der Waals surface area contributed by atoms with Gasteiger partial charge in [-0.3, -0.25) is 0 Å². The van der Waals surface area contributed by atoms with Crippen molar-refractivity contribution in [3.8, 4) is 0 Å². The van der Waals surface area contributed by atoms with Crippen molar-refractivity contribution in [2.75, 3.05) is 59.8 Å². The Morgan fingerprint density at radius 1 is 0.824 bits per heavy atom. The van der Waals surface area contributed by atoms with Crippen LogP contribution in [0.4, 0.5) is 0 Å². The SMILES string of the molecule is COCCOCCCOCCN1CCCCC1. The molecule has 4 heteroatoms. The molecule has 1 aliphatic heterocycles. The van der Waals surface area contributed by atoms with E-state index in [-0.39, 0.29) is 0 Å². The Morgan fingerprint density at radius 3 is 2.24 bits per heavy atom. The maximum Gasteiger partial charge on any atom is 0.0700 e. The summed E-state index contributed by atoms with van der Waals surface area (Å²) in [5.74, 6) is 0. The quantitative estimate of drug-likeness (QED) is 0.546. The van der Waals surface area contributed by atoms with E-state index in [0.29, 0.717) is 13.2 Å². The monoisotopic (exact) mass is 245 g/mol. The number of ether oxygens (including phenoxy) is 3.